The van der Waals surface area contributed by atoms with E-state index in [2.05, 4.69) is 11.8 Å². The maximum atomic E-state index is 5.73. The fraction of sp³-hybridized carbons (Fsp3) is 0.0476. The molecule has 0 unspecified atom stereocenters. The summed E-state index contributed by atoms with van der Waals surface area (Å²) in [4.78, 5) is 0. The lowest BCUT2D eigenvalue weighted by Crippen LogP contribution is -1.93. The fourth-order valence-corrected chi connectivity index (χ4v) is 2.01. The Balaban J connectivity index is 1.53. The second-order valence-electron chi connectivity index (χ2n) is 4.84. The Labute approximate surface area is 136 Å². The highest BCUT2D eigenvalue weighted by atomic mass is 16.5. The van der Waals surface area contributed by atoms with Gasteiger partial charge in [0, 0.05) is 5.56 Å². The highest BCUT2D eigenvalue weighted by molar-refractivity contribution is 5.36. The molecule has 0 radical (unpaired) electrons. The van der Waals surface area contributed by atoms with Gasteiger partial charge < -0.3 is 9.47 Å². The van der Waals surface area contributed by atoms with Gasteiger partial charge in [0.2, 0.25) is 0 Å². The first kappa shape index (κ1) is 14.7. The monoisotopic (exact) mass is 300 g/mol. The van der Waals surface area contributed by atoms with Crippen LogP contribution in [0.3, 0.4) is 0 Å². The molecule has 23 heavy (non-hydrogen) atoms. The van der Waals surface area contributed by atoms with Crippen LogP contribution < -0.4 is 9.47 Å². The lowest BCUT2D eigenvalue weighted by molar-refractivity contribution is 0.369. The number of ether oxygens (including phenoxy) is 2. The van der Waals surface area contributed by atoms with Gasteiger partial charge in [0.25, 0.3) is 0 Å². The third-order valence-electron chi connectivity index (χ3n) is 3.12. The van der Waals surface area contributed by atoms with Gasteiger partial charge in [0.15, 0.2) is 0 Å². The first-order valence-electron chi connectivity index (χ1n) is 7.40. The largest absolute Gasteiger partial charge is 0.481 e. The van der Waals surface area contributed by atoms with Crippen LogP contribution in [0.2, 0.25) is 0 Å². The summed E-state index contributed by atoms with van der Waals surface area (Å²) in [5, 5.41) is 0. The van der Waals surface area contributed by atoms with E-state index < -0.39 is 0 Å². The van der Waals surface area contributed by atoms with Crippen molar-refractivity contribution in [2.45, 2.75) is 0 Å². The molecule has 0 aromatic heterocycles. The molecule has 0 bridgehead atoms. The van der Waals surface area contributed by atoms with Gasteiger partial charge in [0.05, 0.1) is 0 Å². The van der Waals surface area contributed by atoms with Crippen molar-refractivity contribution in [3.8, 4) is 29.1 Å². The molecule has 0 aliphatic rings. The molecule has 3 aromatic carbocycles. The smallest absolute Gasteiger partial charge is 0.149 e. The predicted octanol–water partition coefficient (Wildman–Crippen LogP) is 4.91. The van der Waals surface area contributed by atoms with Gasteiger partial charge in [0.1, 0.15) is 23.9 Å². The summed E-state index contributed by atoms with van der Waals surface area (Å²) in [5.74, 6) is 8.42. The lowest BCUT2D eigenvalue weighted by atomic mass is 10.2. The maximum Gasteiger partial charge on any atom is 0.149 e. The summed E-state index contributed by atoms with van der Waals surface area (Å²) in [6, 6.07) is 27.1. The minimum Gasteiger partial charge on any atom is -0.481 e. The molecule has 112 valence electrons. The lowest BCUT2D eigenvalue weighted by Gasteiger charge is -2.06. The Hall–Kier alpha value is -3.18. The SMILES string of the molecule is C(#Cc1ccccc1)COc1ccc(Oc2ccccc2)cc1. The predicted molar refractivity (Wildman–Crippen MR) is 91.8 cm³/mol. The molecule has 3 aromatic rings. The molecular weight excluding hydrogens is 284 g/mol. The van der Waals surface area contributed by atoms with E-state index in [0.29, 0.717) is 6.61 Å². The van der Waals surface area contributed by atoms with Crippen LogP contribution in [0.25, 0.3) is 0 Å². The molecule has 0 aliphatic heterocycles. The normalized spacial score (nSPS) is 9.57. The van der Waals surface area contributed by atoms with Gasteiger partial charge in [-0.3, -0.25) is 0 Å². The quantitative estimate of drug-likeness (QED) is 0.637. The van der Waals surface area contributed by atoms with E-state index in [-0.39, 0.29) is 0 Å². The molecule has 0 heterocycles. The molecule has 2 nitrogen and oxygen atoms in total. The van der Waals surface area contributed by atoms with Crippen molar-refractivity contribution >= 4 is 0 Å². The zero-order valence-corrected chi connectivity index (χ0v) is 12.6. The second kappa shape index (κ2) is 7.72. The summed E-state index contributed by atoms with van der Waals surface area (Å²) in [7, 11) is 0. The molecule has 0 spiro atoms. The zero-order valence-electron chi connectivity index (χ0n) is 12.6. The van der Waals surface area contributed by atoms with Crippen LogP contribution in [0.5, 0.6) is 17.2 Å². The van der Waals surface area contributed by atoms with E-state index in [4.69, 9.17) is 9.47 Å². The summed E-state index contributed by atoms with van der Waals surface area (Å²) in [6.07, 6.45) is 0. The zero-order chi connectivity index (χ0) is 15.7. The number of hydrogen-bond donors (Lipinski definition) is 0. The molecule has 0 aliphatic carbocycles. The second-order valence-corrected chi connectivity index (χ2v) is 4.84. The summed E-state index contributed by atoms with van der Waals surface area (Å²) >= 11 is 0. The molecular formula is C21H16O2. The molecule has 0 fully saturated rings. The van der Waals surface area contributed by atoms with Gasteiger partial charge in [-0.15, -0.1) is 0 Å². The van der Waals surface area contributed by atoms with Crippen molar-refractivity contribution < 1.29 is 9.47 Å². The van der Waals surface area contributed by atoms with Crippen molar-refractivity contribution in [2.75, 3.05) is 6.61 Å². The van der Waals surface area contributed by atoms with E-state index in [1.54, 1.807) is 0 Å². The van der Waals surface area contributed by atoms with Crippen LogP contribution >= 0.6 is 0 Å². The number of hydrogen-bond acceptors (Lipinski definition) is 2. The average molecular weight is 300 g/mol. The molecule has 2 heteroatoms. The average Bonchev–Trinajstić information content (AvgIpc) is 2.62. The Bertz CT molecular complexity index is 782. The molecule has 0 N–H and O–H groups in total. The van der Waals surface area contributed by atoms with Crippen LogP contribution in [-0.4, -0.2) is 6.61 Å². The van der Waals surface area contributed by atoms with Crippen molar-refractivity contribution in [3.63, 3.8) is 0 Å². The van der Waals surface area contributed by atoms with Crippen LogP contribution in [0.4, 0.5) is 0 Å². The Kier molecular flexibility index (Phi) is 4.95. The fourth-order valence-electron chi connectivity index (χ4n) is 2.01. The minimum atomic E-state index is 0.355. The standard InChI is InChI=1S/C21H16O2/c1-3-8-18(9-4-1)10-7-17-22-19-13-15-21(16-14-19)23-20-11-5-2-6-12-20/h1-6,8-9,11-16H,17H2. The summed E-state index contributed by atoms with van der Waals surface area (Å²) in [6.45, 7) is 0.355. The third kappa shape index (κ3) is 4.66. The molecule has 0 saturated heterocycles. The Morgan fingerprint density at radius 1 is 0.609 bits per heavy atom. The summed E-state index contributed by atoms with van der Waals surface area (Å²) < 4.78 is 11.3. The van der Waals surface area contributed by atoms with E-state index in [1.807, 2.05) is 84.9 Å². The van der Waals surface area contributed by atoms with Crippen molar-refractivity contribution in [2.24, 2.45) is 0 Å². The van der Waals surface area contributed by atoms with Crippen LogP contribution in [0.15, 0.2) is 84.9 Å². The highest BCUT2D eigenvalue weighted by Crippen LogP contribution is 2.23. The van der Waals surface area contributed by atoms with E-state index in [0.717, 1.165) is 22.8 Å². The van der Waals surface area contributed by atoms with Crippen molar-refractivity contribution in [1.29, 1.82) is 0 Å². The van der Waals surface area contributed by atoms with Crippen molar-refractivity contribution in [1.82, 2.24) is 0 Å². The van der Waals surface area contributed by atoms with E-state index in [9.17, 15) is 0 Å². The number of benzene rings is 3. The molecule has 0 saturated carbocycles. The van der Waals surface area contributed by atoms with Crippen molar-refractivity contribution in [3.05, 3.63) is 90.5 Å². The van der Waals surface area contributed by atoms with Gasteiger partial charge in [-0.1, -0.05) is 48.2 Å². The first-order chi connectivity index (χ1) is 11.4. The van der Waals surface area contributed by atoms with Crippen LogP contribution in [0, 0.1) is 11.8 Å². The van der Waals surface area contributed by atoms with Gasteiger partial charge in [-0.2, -0.15) is 0 Å². The minimum absolute atomic E-state index is 0.355. The molecule has 3 rings (SSSR count). The van der Waals surface area contributed by atoms with Gasteiger partial charge >= 0.3 is 0 Å². The van der Waals surface area contributed by atoms with E-state index in [1.165, 1.54) is 0 Å². The highest BCUT2D eigenvalue weighted by Gasteiger charge is 1.97. The van der Waals surface area contributed by atoms with Crippen LogP contribution in [0.1, 0.15) is 5.56 Å². The Morgan fingerprint density at radius 3 is 1.87 bits per heavy atom. The summed E-state index contributed by atoms with van der Waals surface area (Å²) in [5.41, 5.74) is 0.989. The van der Waals surface area contributed by atoms with Gasteiger partial charge in [-0.05, 0) is 48.5 Å². The molecule has 0 atom stereocenters. The molecule has 0 amide bonds. The number of para-hydroxylation sites is 1. The van der Waals surface area contributed by atoms with E-state index >= 15 is 0 Å². The maximum absolute atomic E-state index is 5.73. The third-order valence-corrected chi connectivity index (χ3v) is 3.12. The Morgan fingerprint density at radius 2 is 1.17 bits per heavy atom. The number of rotatable bonds is 4. The first-order valence-corrected chi connectivity index (χ1v) is 7.40. The topological polar surface area (TPSA) is 18.5 Å². The van der Waals surface area contributed by atoms with Crippen LogP contribution in [-0.2, 0) is 0 Å². The van der Waals surface area contributed by atoms with Gasteiger partial charge in [-0.25, -0.2) is 0 Å².